The number of amides is 1. The second kappa shape index (κ2) is 8.45. The predicted molar refractivity (Wildman–Crippen MR) is 90.1 cm³/mol. The first-order chi connectivity index (χ1) is 11.1. The van der Waals surface area contributed by atoms with Gasteiger partial charge in [0.05, 0.1) is 20.1 Å². The average molecular weight is 384 g/mol. The van der Waals surface area contributed by atoms with Crippen molar-refractivity contribution in [2.45, 2.75) is 18.8 Å². The molecule has 0 saturated heterocycles. The molecule has 2 unspecified atom stereocenters. The van der Waals surface area contributed by atoms with Gasteiger partial charge < -0.3 is 14.4 Å². The smallest absolute Gasteiger partial charge is 0.307 e. The topological polar surface area (TPSA) is 55.8 Å². The maximum Gasteiger partial charge on any atom is 0.307 e. The molecule has 6 heteroatoms. The van der Waals surface area contributed by atoms with Crippen LogP contribution < -0.4 is 0 Å². The maximum atomic E-state index is 12.7. The van der Waals surface area contributed by atoms with Crippen molar-refractivity contribution in [2.75, 3.05) is 33.9 Å². The highest BCUT2D eigenvalue weighted by Crippen LogP contribution is 2.48. The minimum atomic E-state index is -0.305. The third kappa shape index (κ3) is 5.04. The number of ether oxygens (including phenoxy) is 2. The van der Waals surface area contributed by atoms with Gasteiger partial charge >= 0.3 is 5.97 Å². The van der Waals surface area contributed by atoms with Crippen molar-refractivity contribution >= 4 is 27.8 Å². The van der Waals surface area contributed by atoms with E-state index in [0.717, 1.165) is 10.9 Å². The van der Waals surface area contributed by atoms with Crippen molar-refractivity contribution in [3.8, 4) is 0 Å². The van der Waals surface area contributed by atoms with E-state index < -0.39 is 0 Å². The Balaban J connectivity index is 1.94. The lowest BCUT2D eigenvalue weighted by Gasteiger charge is -2.22. The Morgan fingerprint density at radius 3 is 2.52 bits per heavy atom. The van der Waals surface area contributed by atoms with Crippen LogP contribution in [0.15, 0.2) is 28.7 Å². The highest BCUT2D eigenvalue weighted by Gasteiger charge is 2.45. The molecule has 126 valence electrons. The summed E-state index contributed by atoms with van der Waals surface area (Å²) in [5.41, 5.74) is 1.19. The molecule has 1 aliphatic carbocycles. The lowest BCUT2D eigenvalue weighted by Crippen LogP contribution is -2.37. The summed E-state index contributed by atoms with van der Waals surface area (Å²) in [6, 6.07) is 8.09. The summed E-state index contributed by atoms with van der Waals surface area (Å²) in [7, 11) is 2.96. The van der Waals surface area contributed by atoms with Gasteiger partial charge in [0.2, 0.25) is 5.91 Å². The van der Waals surface area contributed by atoms with Gasteiger partial charge in [-0.25, -0.2) is 0 Å². The molecule has 0 bridgehead atoms. The van der Waals surface area contributed by atoms with E-state index in [2.05, 4.69) is 32.8 Å². The first-order valence-corrected chi connectivity index (χ1v) is 8.46. The van der Waals surface area contributed by atoms with Crippen molar-refractivity contribution in [2.24, 2.45) is 5.92 Å². The summed E-state index contributed by atoms with van der Waals surface area (Å²) in [5.74, 6) is 0.0730. The van der Waals surface area contributed by atoms with Gasteiger partial charge in [-0.05, 0) is 30.0 Å². The zero-order valence-electron chi connectivity index (χ0n) is 13.5. The first kappa shape index (κ1) is 17.9. The minimum Gasteiger partial charge on any atom is -0.469 e. The molecule has 1 saturated carbocycles. The Hall–Kier alpha value is -1.40. The van der Waals surface area contributed by atoms with E-state index in [1.807, 2.05) is 12.1 Å². The van der Waals surface area contributed by atoms with E-state index in [-0.39, 0.29) is 30.1 Å². The molecule has 0 N–H and O–H groups in total. The van der Waals surface area contributed by atoms with Crippen molar-refractivity contribution in [3.05, 3.63) is 34.3 Å². The number of hydrogen-bond donors (Lipinski definition) is 0. The molecule has 0 aromatic heterocycles. The van der Waals surface area contributed by atoms with Crippen molar-refractivity contribution in [1.82, 2.24) is 4.90 Å². The monoisotopic (exact) mass is 383 g/mol. The van der Waals surface area contributed by atoms with Gasteiger partial charge in [0, 0.05) is 30.6 Å². The van der Waals surface area contributed by atoms with Crippen LogP contribution in [0.2, 0.25) is 0 Å². The summed E-state index contributed by atoms with van der Waals surface area (Å²) < 4.78 is 10.7. The van der Waals surface area contributed by atoms with E-state index in [1.54, 1.807) is 12.0 Å². The van der Waals surface area contributed by atoms with E-state index in [0.29, 0.717) is 19.7 Å². The highest BCUT2D eigenvalue weighted by atomic mass is 79.9. The molecule has 0 aliphatic heterocycles. The normalized spacial score (nSPS) is 19.3. The molecule has 1 aromatic rings. The number of rotatable bonds is 8. The van der Waals surface area contributed by atoms with Crippen LogP contribution in [-0.4, -0.2) is 50.7 Å². The summed E-state index contributed by atoms with van der Waals surface area (Å²) in [6.07, 6.45) is 1.07. The van der Waals surface area contributed by atoms with Gasteiger partial charge in [-0.2, -0.15) is 0 Å². The highest BCUT2D eigenvalue weighted by molar-refractivity contribution is 9.10. The van der Waals surface area contributed by atoms with Gasteiger partial charge in [-0.15, -0.1) is 0 Å². The fraction of sp³-hybridized carbons (Fsp3) is 0.529. The van der Waals surface area contributed by atoms with Crippen LogP contribution in [0.1, 0.15) is 24.3 Å². The van der Waals surface area contributed by atoms with Gasteiger partial charge in [0.15, 0.2) is 0 Å². The number of carbonyl (C=O) groups is 2. The van der Waals surface area contributed by atoms with Gasteiger partial charge in [0.25, 0.3) is 0 Å². The SMILES string of the molecule is COCCN(CCC(=O)OC)C(=O)C1CC1c1ccc(Br)cc1. The Morgan fingerprint density at radius 1 is 1.22 bits per heavy atom. The molecule has 2 atom stereocenters. The fourth-order valence-electron chi connectivity index (χ4n) is 2.64. The molecule has 0 heterocycles. The molecule has 1 aliphatic rings. The molecule has 1 amide bonds. The lowest BCUT2D eigenvalue weighted by atomic mass is 10.1. The number of esters is 1. The van der Waals surface area contributed by atoms with Gasteiger partial charge in [-0.3, -0.25) is 9.59 Å². The number of nitrogens with zero attached hydrogens (tertiary/aromatic N) is 1. The largest absolute Gasteiger partial charge is 0.469 e. The Labute approximate surface area is 145 Å². The van der Waals surface area contributed by atoms with E-state index in [1.165, 1.54) is 12.7 Å². The fourth-order valence-corrected chi connectivity index (χ4v) is 2.91. The average Bonchev–Trinajstić information content (AvgIpc) is 3.35. The van der Waals surface area contributed by atoms with E-state index >= 15 is 0 Å². The third-order valence-electron chi connectivity index (χ3n) is 4.10. The summed E-state index contributed by atoms with van der Waals surface area (Å²) >= 11 is 3.42. The van der Waals surface area contributed by atoms with Gasteiger partial charge in [0.1, 0.15) is 0 Å². The zero-order chi connectivity index (χ0) is 16.8. The Kier molecular flexibility index (Phi) is 6.59. The second-order valence-electron chi connectivity index (χ2n) is 5.64. The first-order valence-electron chi connectivity index (χ1n) is 7.66. The van der Waals surface area contributed by atoms with E-state index in [4.69, 9.17) is 4.74 Å². The minimum absolute atomic E-state index is 0.00526. The van der Waals surface area contributed by atoms with Crippen LogP contribution in [0.25, 0.3) is 0 Å². The standard InChI is InChI=1S/C17H22BrNO4/c1-22-10-9-19(8-7-16(20)23-2)17(21)15-11-14(15)12-3-5-13(18)6-4-12/h3-6,14-15H,7-11H2,1-2H3. The number of benzene rings is 1. The summed E-state index contributed by atoms with van der Waals surface area (Å²) in [6.45, 7) is 1.33. The summed E-state index contributed by atoms with van der Waals surface area (Å²) in [5, 5.41) is 0. The zero-order valence-corrected chi connectivity index (χ0v) is 15.0. The molecular formula is C17H22BrNO4. The molecule has 0 radical (unpaired) electrons. The van der Waals surface area contributed by atoms with Crippen LogP contribution in [0.5, 0.6) is 0 Å². The lowest BCUT2D eigenvalue weighted by molar-refractivity contribution is -0.142. The van der Waals surface area contributed by atoms with Gasteiger partial charge in [-0.1, -0.05) is 28.1 Å². The number of hydrogen-bond acceptors (Lipinski definition) is 4. The number of methoxy groups -OCH3 is 2. The van der Waals surface area contributed by atoms with Crippen molar-refractivity contribution < 1.29 is 19.1 Å². The van der Waals surface area contributed by atoms with Crippen LogP contribution in [0, 0.1) is 5.92 Å². The quantitative estimate of drug-likeness (QED) is 0.647. The molecule has 1 aromatic carbocycles. The van der Waals surface area contributed by atoms with E-state index in [9.17, 15) is 9.59 Å². The molecule has 2 rings (SSSR count). The number of carbonyl (C=O) groups excluding carboxylic acids is 2. The molecule has 0 spiro atoms. The maximum absolute atomic E-state index is 12.7. The summed E-state index contributed by atoms with van der Waals surface area (Å²) in [4.78, 5) is 25.7. The second-order valence-corrected chi connectivity index (χ2v) is 6.56. The van der Waals surface area contributed by atoms with Crippen LogP contribution in [0.4, 0.5) is 0 Å². The molecule has 5 nitrogen and oxygen atoms in total. The third-order valence-corrected chi connectivity index (χ3v) is 4.62. The molecular weight excluding hydrogens is 362 g/mol. The van der Waals surface area contributed by atoms with Crippen LogP contribution >= 0.6 is 15.9 Å². The van der Waals surface area contributed by atoms with Crippen LogP contribution in [0.3, 0.4) is 0 Å². The van der Waals surface area contributed by atoms with Crippen LogP contribution in [-0.2, 0) is 19.1 Å². The molecule has 23 heavy (non-hydrogen) atoms. The number of halogens is 1. The Morgan fingerprint density at radius 2 is 1.91 bits per heavy atom. The van der Waals surface area contributed by atoms with Crippen molar-refractivity contribution in [3.63, 3.8) is 0 Å². The Bertz CT molecular complexity index is 546. The van der Waals surface area contributed by atoms with Crippen molar-refractivity contribution in [1.29, 1.82) is 0 Å². The molecule has 1 fully saturated rings. The predicted octanol–water partition coefficient (Wildman–Crippen LogP) is 2.59.